The number of hydrogen-bond acceptors (Lipinski definition) is 4. The van der Waals surface area contributed by atoms with Crippen molar-refractivity contribution in [2.75, 3.05) is 13.1 Å². The van der Waals surface area contributed by atoms with Crippen LogP contribution in [0.25, 0.3) is 28.0 Å². The largest absolute Gasteiger partial charge is 0.337 e. The van der Waals surface area contributed by atoms with Crippen molar-refractivity contribution >= 4 is 16.8 Å². The second-order valence-electron chi connectivity index (χ2n) is 8.77. The molecule has 0 aliphatic carbocycles. The first-order valence-electron chi connectivity index (χ1n) is 11.4. The molecule has 0 saturated carbocycles. The van der Waals surface area contributed by atoms with Crippen LogP contribution >= 0.6 is 0 Å². The highest BCUT2D eigenvalue weighted by Crippen LogP contribution is 2.31. The van der Waals surface area contributed by atoms with Gasteiger partial charge in [0.1, 0.15) is 23.4 Å². The summed E-state index contributed by atoms with van der Waals surface area (Å²) in [7, 11) is 1.90. The predicted molar refractivity (Wildman–Crippen MR) is 127 cm³/mol. The van der Waals surface area contributed by atoms with Gasteiger partial charge in [-0.1, -0.05) is 0 Å². The molecular weight excluding hydrogens is 431 g/mol. The number of aryl methyl sites for hydroxylation is 2. The van der Waals surface area contributed by atoms with Crippen LogP contribution in [0.3, 0.4) is 0 Å². The van der Waals surface area contributed by atoms with Crippen LogP contribution in [0.4, 0.5) is 4.39 Å². The van der Waals surface area contributed by atoms with Gasteiger partial charge in [-0.2, -0.15) is 10.4 Å². The molecule has 5 rings (SSSR count). The number of likely N-dealkylation sites (tertiary alicyclic amines) is 1. The Kier molecular flexibility index (Phi) is 5.40. The molecular formula is C26H25FN6O. The first-order valence-corrected chi connectivity index (χ1v) is 11.4. The average Bonchev–Trinajstić information content (AvgIpc) is 3.34. The lowest BCUT2D eigenvalue weighted by Crippen LogP contribution is -2.36. The molecule has 2 aromatic carbocycles. The van der Waals surface area contributed by atoms with Crippen molar-refractivity contribution in [2.45, 2.75) is 33.1 Å². The molecule has 1 fully saturated rings. The minimum absolute atomic E-state index is 0.0319. The van der Waals surface area contributed by atoms with Crippen molar-refractivity contribution in [2.24, 2.45) is 7.05 Å². The Labute approximate surface area is 197 Å². The molecule has 3 heterocycles. The highest BCUT2D eigenvalue weighted by molar-refractivity contribution is 5.95. The highest BCUT2D eigenvalue weighted by Gasteiger charge is 2.27. The summed E-state index contributed by atoms with van der Waals surface area (Å²) in [6.07, 6.45) is 3.09. The first kappa shape index (κ1) is 21.8. The highest BCUT2D eigenvalue weighted by atomic mass is 19.1. The molecule has 1 aliphatic rings. The standard InChI is InChI=1S/C26H25FN6O/c1-16-21-14-20(9-10-23(21)30-31(16)3)33-17(2)24(26(34)32-11-5-4-6-12-32)29-25(33)18-7-8-19(15-28)22(27)13-18/h7-10,13-14H,4-6,11-12H2,1-3H3. The van der Waals surface area contributed by atoms with Crippen LogP contribution in [0.2, 0.25) is 0 Å². The second kappa shape index (κ2) is 8.41. The summed E-state index contributed by atoms with van der Waals surface area (Å²) in [5.74, 6) is -0.262. The molecule has 8 heteroatoms. The lowest BCUT2D eigenvalue weighted by atomic mass is 10.1. The average molecular weight is 457 g/mol. The number of nitrogens with zero attached hydrogens (tertiary/aromatic N) is 6. The number of aromatic nitrogens is 4. The van der Waals surface area contributed by atoms with E-state index in [1.165, 1.54) is 12.1 Å². The van der Waals surface area contributed by atoms with E-state index >= 15 is 0 Å². The van der Waals surface area contributed by atoms with Crippen molar-refractivity contribution in [3.05, 3.63) is 64.9 Å². The molecule has 1 saturated heterocycles. The van der Waals surface area contributed by atoms with E-state index in [0.717, 1.165) is 41.5 Å². The fourth-order valence-electron chi connectivity index (χ4n) is 4.66. The zero-order valence-electron chi connectivity index (χ0n) is 19.5. The number of piperidine rings is 1. The molecule has 1 amide bonds. The lowest BCUT2D eigenvalue weighted by molar-refractivity contribution is 0.0718. The third-order valence-corrected chi connectivity index (χ3v) is 6.67. The molecule has 0 atom stereocenters. The minimum Gasteiger partial charge on any atom is -0.337 e. The van der Waals surface area contributed by atoms with Crippen LogP contribution in [-0.2, 0) is 7.05 Å². The summed E-state index contributed by atoms with van der Waals surface area (Å²) in [5.41, 5.74) is 4.23. The van der Waals surface area contributed by atoms with Gasteiger partial charge < -0.3 is 4.90 Å². The molecule has 7 nitrogen and oxygen atoms in total. The van der Waals surface area contributed by atoms with Gasteiger partial charge in [0.15, 0.2) is 0 Å². The number of carbonyl (C=O) groups excluding carboxylic acids is 1. The van der Waals surface area contributed by atoms with E-state index in [-0.39, 0.29) is 11.5 Å². The molecule has 4 aromatic rings. The van der Waals surface area contributed by atoms with Crippen LogP contribution in [0.5, 0.6) is 0 Å². The fourth-order valence-corrected chi connectivity index (χ4v) is 4.66. The van der Waals surface area contributed by atoms with Crippen LogP contribution in [0.1, 0.15) is 46.7 Å². The van der Waals surface area contributed by atoms with E-state index in [4.69, 9.17) is 10.2 Å². The molecule has 0 unspecified atom stereocenters. The van der Waals surface area contributed by atoms with Crippen molar-refractivity contribution in [1.29, 1.82) is 5.26 Å². The normalized spacial score (nSPS) is 13.9. The van der Waals surface area contributed by atoms with Gasteiger partial charge in [0.2, 0.25) is 0 Å². The molecule has 1 aliphatic heterocycles. The number of rotatable bonds is 3. The van der Waals surface area contributed by atoms with Crippen molar-refractivity contribution in [3.63, 3.8) is 0 Å². The van der Waals surface area contributed by atoms with E-state index < -0.39 is 5.82 Å². The zero-order chi connectivity index (χ0) is 24.0. The fraction of sp³-hybridized carbons (Fsp3) is 0.308. The van der Waals surface area contributed by atoms with Gasteiger partial charge in [-0.25, -0.2) is 9.37 Å². The van der Waals surface area contributed by atoms with Crippen molar-refractivity contribution in [3.8, 4) is 23.1 Å². The van der Waals surface area contributed by atoms with E-state index in [1.807, 2.05) is 59.3 Å². The Morgan fingerprint density at radius 2 is 1.82 bits per heavy atom. The van der Waals surface area contributed by atoms with E-state index in [9.17, 15) is 9.18 Å². The summed E-state index contributed by atoms with van der Waals surface area (Å²) < 4.78 is 18.3. The van der Waals surface area contributed by atoms with Gasteiger partial charge in [0, 0.05) is 42.5 Å². The second-order valence-corrected chi connectivity index (χ2v) is 8.77. The van der Waals surface area contributed by atoms with Crippen molar-refractivity contribution < 1.29 is 9.18 Å². The molecule has 0 bridgehead atoms. The third-order valence-electron chi connectivity index (χ3n) is 6.67. The summed E-state index contributed by atoms with van der Waals surface area (Å²) in [6.45, 7) is 5.30. The van der Waals surface area contributed by atoms with Gasteiger partial charge in [0.05, 0.1) is 16.8 Å². The number of amides is 1. The van der Waals surface area contributed by atoms with Gasteiger partial charge in [-0.05, 0) is 69.5 Å². The topological polar surface area (TPSA) is 79.7 Å². The molecule has 0 spiro atoms. The number of carbonyl (C=O) groups is 1. The number of nitriles is 1. The smallest absolute Gasteiger partial charge is 0.274 e. The van der Waals surface area contributed by atoms with E-state index in [1.54, 1.807) is 6.07 Å². The molecule has 0 radical (unpaired) electrons. The number of benzene rings is 2. The van der Waals surface area contributed by atoms with Gasteiger partial charge in [-0.3, -0.25) is 14.0 Å². The van der Waals surface area contributed by atoms with Crippen LogP contribution in [0.15, 0.2) is 36.4 Å². The van der Waals surface area contributed by atoms with Gasteiger partial charge in [-0.15, -0.1) is 0 Å². The maximum Gasteiger partial charge on any atom is 0.274 e. The van der Waals surface area contributed by atoms with Crippen LogP contribution in [0, 0.1) is 31.0 Å². The Hall–Kier alpha value is -3.99. The zero-order valence-corrected chi connectivity index (χ0v) is 19.5. The summed E-state index contributed by atoms with van der Waals surface area (Å²) >= 11 is 0. The molecule has 2 aromatic heterocycles. The summed E-state index contributed by atoms with van der Waals surface area (Å²) in [4.78, 5) is 20.0. The monoisotopic (exact) mass is 456 g/mol. The number of halogens is 1. The van der Waals surface area contributed by atoms with Gasteiger partial charge in [0.25, 0.3) is 5.91 Å². The summed E-state index contributed by atoms with van der Waals surface area (Å²) in [6, 6.07) is 12.2. The molecule has 172 valence electrons. The number of hydrogen-bond donors (Lipinski definition) is 0. The van der Waals surface area contributed by atoms with E-state index in [0.29, 0.717) is 35.9 Å². The third kappa shape index (κ3) is 3.54. The summed E-state index contributed by atoms with van der Waals surface area (Å²) in [5, 5.41) is 14.7. The Balaban J connectivity index is 1.71. The Morgan fingerprint density at radius 3 is 2.53 bits per heavy atom. The Bertz CT molecular complexity index is 1470. The van der Waals surface area contributed by atoms with Crippen molar-refractivity contribution in [1.82, 2.24) is 24.2 Å². The maximum atomic E-state index is 14.5. The minimum atomic E-state index is -0.616. The Morgan fingerprint density at radius 1 is 1.06 bits per heavy atom. The maximum absolute atomic E-state index is 14.5. The van der Waals surface area contributed by atoms with Crippen LogP contribution in [-0.4, -0.2) is 43.2 Å². The quantitative estimate of drug-likeness (QED) is 0.448. The molecule has 34 heavy (non-hydrogen) atoms. The number of fused-ring (bicyclic) bond motifs is 1. The first-order chi connectivity index (χ1) is 16.4. The van der Waals surface area contributed by atoms with Gasteiger partial charge >= 0.3 is 0 Å². The SMILES string of the molecule is Cc1c2cc(-n3c(-c4ccc(C#N)c(F)c4)nc(C(=O)N4CCCCC4)c3C)ccc2nn1C. The molecule has 0 N–H and O–H groups in total. The van der Waals surface area contributed by atoms with E-state index in [2.05, 4.69) is 5.10 Å². The lowest BCUT2D eigenvalue weighted by Gasteiger charge is -2.26. The number of imidazole rings is 1. The predicted octanol–water partition coefficient (Wildman–Crippen LogP) is 4.68. The van der Waals surface area contributed by atoms with Crippen LogP contribution < -0.4 is 0 Å².